The van der Waals surface area contributed by atoms with Crippen LogP contribution in [0.25, 0.3) is 31.6 Å². The van der Waals surface area contributed by atoms with Crippen molar-refractivity contribution in [2.45, 2.75) is 27.2 Å². The second-order valence-electron chi connectivity index (χ2n) is 7.86. The summed E-state index contributed by atoms with van der Waals surface area (Å²) in [5, 5.41) is 4.90. The number of aryl methyl sites for hydroxylation is 3. The van der Waals surface area contributed by atoms with E-state index in [1.807, 2.05) is 45.0 Å². The van der Waals surface area contributed by atoms with Crippen molar-refractivity contribution in [3.8, 4) is 10.4 Å². The summed E-state index contributed by atoms with van der Waals surface area (Å²) in [6.45, 7) is 6.58. The number of fused-ring (bicyclic) bond motifs is 2. The SMILES string of the molecule is Cc1ccc(-c2cc3ncnc(NCCc4c(C)[nH]c5c(F)ccc(C)c45)c3s2)c(Cl)n1. The van der Waals surface area contributed by atoms with Gasteiger partial charge in [0.25, 0.3) is 0 Å². The number of hydrogen-bond acceptors (Lipinski definition) is 5. The van der Waals surface area contributed by atoms with E-state index >= 15 is 0 Å². The van der Waals surface area contributed by atoms with E-state index in [4.69, 9.17) is 11.6 Å². The fourth-order valence-electron chi connectivity index (χ4n) is 4.08. The van der Waals surface area contributed by atoms with Gasteiger partial charge in [0.2, 0.25) is 0 Å². The first kappa shape index (κ1) is 20.8. The van der Waals surface area contributed by atoms with Gasteiger partial charge in [-0.1, -0.05) is 17.7 Å². The molecule has 0 aliphatic carbocycles. The molecule has 162 valence electrons. The van der Waals surface area contributed by atoms with Gasteiger partial charge in [0.15, 0.2) is 0 Å². The molecule has 0 atom stereocenters. The number of nitrogens with zero attached hydrogens (tertiary/aromatic N) is 3. The molecule has 5 aromatic rings. The molecule has 2 N–H and O–H groups in total. The number of hydrogen-bond donors (Lipinski definition) is 2. The number of aromatic nitrogens is 4. The second-order valence-corrected chi connectivity index (χ2v) is 9.27. The number of aromatic amines is 1. The highest BCUT2D eigenvalue weighted by atomic mass is 35.5. The zero-order valence-electron chi connectivity index (χ0n) is 17.9. The molecular weight excluding hydrogens is 445 g/mol. The molecule has 0 saturated heterocycles. The van der Waals surface area contributed by atoms with E-state index in [0.29, 0.717) is 17.2 Å². The van der Waals surface area contributed by atoms with Gasteiger partial charge < -0.3 is 10.3 Å². The maximum absolute atomic E-state index is 14.2. The molecule has 0 fully saturated rings. The Morgan fingerprint density at radius 2 is 1.97 bits per heavy atom. The lowest BCUT2D eigenvalue weighted by molar-refractivity contribution is 0.637. The Bertz CT molecular complexity index is 1470. The van der Waals surface area contributed by atoms with Crippen molar-refractivity contribution >= 4 is 49.9 Å². The van der Waals surface area contributed by atoms with Crippen LogP contribution in [0, 0.1) is 26.6 Å². The minimum absolute atomic E-state index is 0.221. The first-order valence-corrected chi connectivity index (χ1v) is 11.5. The number of halogens is 2. The van der Waals surface area contributed by atoms with Crippen molar-refractivity contribution in [2.75, 3.05) is 11.9 Å². The summed E-state index contributed by atoms with van der Waals surface area (Å²) in [6.07, 6.45) is 2.31. The number of thiophene rings is 1. The molecule has 0 saturated carbocycles. The minimum Gasteiger partial charge on any atom is -0.368 e. The van der Waals surface area contributed by atoms with E-state index in [2.05, 4.69) is 25.3 Å². The maximum atomic E-state index is 14.2. The van der Waals surface area contributed by atoms with Gasteiger partial charge in [0, 0.05) is 33.8 Å². The molecule has 0 unspecified atom stereocenters. The summed E-state index contributed by atoms with van der Waals surface area (Å²) in [7, 11) is 0. The Morgan fingerprint density at radius 1 is 1.12 bits per heavy atom. The summed E-state index contributed by atoms with van der Waals surface area (Å²) >= 11 is 7.96. The van der Waals surface area contributed by atoms with Crippen LogP contribution in [0.4, 0.5) is 10.2 Å². The monoisotopic (exact) mass is 465 g/mol. The standard InChI is InChI=1S/C24H21ClFN5S/c1-12-4-7-17(26)21-20(12)15(14(3)31-21)8-9-27-24-22-18(28-11-29-24)10-19(32-22)16-6-5-13(2)30-23(16)25/h4-7,10-11,31H,8-9H2,1-3H3,(H,27,28,29). The van der Waals surface area contributed by atoms with E-state index in [-0.39, 0.29) is 5.82 Å². The maximum Gasteiger partial charge on any atom is 0.147 e. The molecular formula is C24H21ClFN5S. The number of H-pyrrole nitrogens is 1. The van der Waals surface area contributed by atoms with Crippen molar-refractivity contribution in [3.05, 3.63) is 70.1 Å². The third-order valence-corrected chi connectivity index (χ3v) is 7.11. The Kier molecular flexibility index (Phi) is 5.31. The average molecular weight is 466 g/mol. The third kappa shape index (κ3) is 3.61. The van der Waals surface area contributed by atoms with Gasteiger partial charge >= 0.3 is 0 Å². The van der Waals surface area contributed by atoms with Gasteiger partial charge in [0.1, 0.15) is 23.1 Å². The van der Waals surface area contributed by atoms with E-state index in [1.165, 1.54) is 6.07 Å². The Hall–Kier alpha value is -3.03. The summed E-state index contributed by atoms with van der Waals surface area (Å²) in [5.74, 6) is 0.559. The van der Waals surface area contributed by atoms with E-state index in [1.54, 1.807) is 17.7 Å². The Labute approximate surface area is 193 Å². The normalized spacial score (nSPS) is 11.5. The van der Waals surface area contributed by atoms with Crippen molar-refractivity contribution in [1.82, 2.24) is 19.9 Å². The zero-order valence-corrected chi connectivity index (χ0v) is 19.5. The molecule has 8 heteroatoms. The molecule has 1 aromatic carbocycles. The van der Waals surface area contributed by atoms with Gasteiger partial charge in [-0.15, -0.1) is 11.3 Å². The summed E-state index contributed by atoms with van der Waals surface area (Å²) < 4.78 is 15.2. The molecule has 0 spiro atoms. The molecule has 0 bridgehead atoms. The lowest BCUT2D eigenvalue weighted by Crippen LogP contribution is -2.07. The van der Waals surface area contributed by atoms with Crippen LogP contribution in [0.5, 0.6) is 0 Å². The number of rotatable bonds is 5. The zero-order chi connectivity index (χ0) is 22.4. The van der Waals surface area contributed by atoms with Crippen LogP contribution in [-0.4, -0.2) is 26.5 Å². The van der Waals surface area contributed by atoms with Gasteiger partial charge in [0.05, 0.1) is 15.7 Å². The number of anilines is 1. The Morgan fingerprint density at radius 3 is 2.78 bits per heavy atom. The molecule has 5 rings (SSSR count). The van der Waals surface area contributed by atoms with Crippen molar-refractivity contribution < 1.29 is 4.39 Å². The summed E-state index contributed by atoms with van der Waals surface area (Å²) in [5.41, 5.74) is 6.38. The number of pyridine rings is 1. The highest BCUT2D eigenvalue weighted by molar-refractivity contribution is 7.22. The molecule has 4 heterocycles. The predicted octanol–water partition coefficient (Wildman–Crippen LogP) is 6.61. The first-order valence-electron chi connectivity index (χ1n) is 10.3. The molecule has 0 amide bonds. The van der Waals surface area contributed by atoms with Crippen molar-refractivity contribution in [1.29, 1.82) is 0 Å². The highest BCUT2D eigenvalue weighted by Gasteiger charge is 2.15. The van der Waals surface area contributed by atoms with E-state index in [0.717, 1.165) is 60.8 Å². The molecule has 5 nitrogen and oxygen atoms in total. The molecule has 0 aliphatic heterocycles. The van der Waals surface area contributed by atoms with E-state index < -0.39 is 0 Å². The molecule has 32 heavy (non-hydrogen) atoms. The van der Waals surface area contributed by atoms with E-state index in [9.17, 15) is 4.39 Å². The average Bonchev–Trinajstić information content (AvgIpc) is 3.33. The molecule has 0 radical (unpaired) electrons. The van der Waals surface area contributed by atoms with Crippen molar-refractivity contribution in [3.63, 3.8) is 0 Å². The van der Waals surface area contributed by atoms with Crippen LogP contribution in [0.15, 0.2) is 36.7 Å². The first-order chi connectivity index (χ1) is 15.4. The minimum atomic E-state index is -0.221. The number of benzene rings is 1. The lowest BCUT2D eigenvalue weighted by Gasteiger charge is -2.08. The van der Waals surface area contributed by atoms with Gasteiger partial charge in [-0.3, -0.25) is 0 Å². The molecule has 4 aromatic heterocycles. The Balaban J connectivity index is 1.42. The smallest absolute Gasteiger partial charge is 0.147 e. The summed E-state index contributed by atoms with van der Waals surface area (Å²) in [4.78, 5) is 17.4. The topological polar surface area (TPSA) is 66.5 Å². The highest BCUT2D eigenvalue weighted by Crippen LogP contribution is 2.38. The lowest BCUT2D eigenvalue weighted by atomic mass is 10.0. The van der Waals surface area contributed by atoms with Gasteiger partial charge in [-0.2, -0.15) is 0 Å². The number of nitrogens with one attached hydrogen (secondary N) is 2. The second kappa shape index (κ2) is 8.15. The largest absolute Gasteiger partial charge is 0.368 e. The van der Waals surface area contributed by atoms with Gasteiger partial charge in [-0.25, -0.2) is 19.3 Å². The van der Waals surface area contributed by atoms with Crippen LogP contribution in [0.2, 0.25) is 5.15 Å². The molecule has 0 aliphatic rings. The van der Waals surface area contributed by atoms with Crippen LogP contribution < -0.4 is 5.32 Å². The summed E-state index contributed by atoms with van der Waals surface area (Å²) in [6, 6.07) is 9.29. The fraction of sp³-hybridized carbons (Fsp3) is 0.208. The van der Waals surface area contributed by atoms with Crippen molar-refractivity contribution in [2.24, 2.45) is 0 Å². The third-order valence-electron chi connectivity index (χ3n) is 5.66. The van der Waals surface area contributed by atoms with Crippen LogP contribution in [0.1, 0.15) is 22.5 Å². The van der Waals surface area contributed by atoms with Crippen LogP contribution in [0.3, 0.4) is 0 Å². The van der Waals surface area contributed by atoms with Crippen LogP contribution in [-0.2, 0) is 6.42 Å². The quantitative estimate of drug-likeness (QED) is 0.287. The van der Waals surface area contributed by atoms with Crippen LogP contribution >= 0.6 is 22.9 Å². The fourth-order valence-corrected chi connectivity index (χ4v) is 5.54. The van der Waals surface area contributed by atoms with Gasteiger partial charge in [-0.05, 0) is 62.6 Å². The predicted molar refractivity (Wildman–Crippen MR) is 130 cm³/mol.